The normalized spacial score (nSPS) is 11.5. The van der Waals surface area contributed by atoms with Crippen LogP contribution in [0.2, 0.25) is 0 Å². The summed E-state index contributed by atoms with van der Waals surface area (Å²) in [5.41, 5.74) is 6.50. The summed E-state index contributed by atoms with van der Waals surface area (Å²) in [6, 6.07) is 4.69. The highest BCUT2D eigenvalue weighted by molar-refractivity contribution is 5.47. The highest BCUT2D eigenvalue weighted by atomic mass is 19.4. The Morgan fingerprint density at radius 2 is 1.94 bits per heavy atom. The monoisotopic (exact) mass is 235 g/mol. The number of alkyl halides is 3. The lowest BCUT2D eigenvalue weighted by Gasteiger charge is -2.09. The second-order valence-corrected chi connectivity index (χ2v) is 3.22. The Labute approximate surface area is 91.0 Å². The maximum atomic E-state index is 11.8. The third-order valence-corrected chi connectivity index (χ3v) is 1.76. The minimum atomic E-state index is -4.32. The van der Waals surface area contributed by atoms with Crippen molar-refractivity contribution in [3.8, 4) is 5.75 Å². The van der Waals surface area contributed by atoms with E-state index in [4.69, 9.17) is 10.5 Å². The third kappa shape index (κ3) is 4.39. The number of hydrogen-bond donors (Lipinski definition) is 1. The lowest BCUT2D eigenvalue weighted by Crippen LogP contribution is -2.16. The van der Waals surface area contributed by atoms with Gasteiger partial charge < -0.3 is 15.2 Å². The Kier molecular flexibility index (Phi) is 4.00. The molecule has 1 aromatic rings. The lowest BCUT2D eigenvalue weighted by molar-refractivity contribution is -0.176. The first-order chi connectivity index (χ1) is 7.40. The number of rotatable bonds is 4. The fraction of sp³-hybridized carbons (Fsp3) is 0.400. The van der Waals surface area contributed by atoms with Crippen LogP contribution in [0.5, 0.6) is 5.75 Å². The molecule has 0 radical (unpaired) electrons. The van der Waals surface area contributed by atoms with Crippen LogP contribution >= 0.6 is 0 Å². The van der Waals surface area contributed by atoms with E-state index in [0.717, 1.165) is 0 Å². The van der Waals surface area contributed by atoms with Crippen molar-refractivity contribution in [1.29, 1.82) is 0 Å². The third-order valence-electron chi connectivity index (χ3n) is 1.76. The number of hydrogen-bond acceptors (Lipinski definition) is 3. The van der Waals surface area contributed by atoms with Gasteiger partial charge in [0.15, 0.2) is 0 Å². The van der Waals surface area contributed by atoms with Gasteiger partial charge in [-0.05, 0) is 17.7 Å². The molecular formula is C10H12F3NO2. The number of benzene rings is 1. The van der Waals surface area contributed by atoms with Crippen LogP contribution in [0.3, 0.4) is 0 Å². The molecule has 0 heterocycles. The van der Waals surface area contributed by atoms with Gasteiger partial charge in [-0.1, -0.05) is 0 Å². The van der Waals surface area contributed by atoms with Crippen LogP contribution in [-0.4, -0.2) is 19.9 Å². The highest BCUT2D eigenvalue weighted by Gasteiger charge is 2.27. The first-order valence-corrected chi connectivity index (χ1v) is 4.48. The van der Waals surface area contributed by atoms with Crippen molar-refractivity contribution >= 4 is 5.69 Å². The molecule has 0 aromatic heterocycles. The molecule has 16 heavy (non-hydrogen) atoms. The maximum Gasteiger partial charge on any atom is 0.411 e. The molecular weight excluding hydrogens is 223 g/mol. The molecule has 0 spiro atoms. The van der Waals surface area contributed by atoms with E-state index in [2.05, 4.69) is 4.74 Å². The van der Waals surface area contributed by atoms with E-state index in [1.165, 1.54) is 7.11 Å². The van der Waals surface area contributed by atoms with Gasteiger partial charge in [0.05, 0.1) is 13.7 Å². The topological polar surface area (TPSA) is 44.5 Å². The molecule has 0 aliphatic rings. The van der Waals surface area contributed by atoms with Crippen LogP contribution in [-0.2, 0) is 11.3 Å². The Morgan fingerprint density at radius 1 is 1.25 bits per heavy atom. The molecule has 0 atom stereocenters. The van der Waals surface area contributed by atoms with Crippen LogP contribution in [0, 0.1) is 0 Å². The van der Waals surface area contributed by atoms with Gasteiger partial charge in [-0.3, -0.25) is 0 Å². The fourth-order valence-corrected chi connectivity index (χ4v) is 1.17. The number of nitrogen functional groups attached to an aromatic ring is 1. The van der Waals surface area contributed by atoms with Gasteiger partial charge in [-0.2, -0.15) is 13.2 Å². The SMILES string of the molecule is COc1cc(N)cc(COCC(F)(F)F)c1. The van der Waals surface area contributed by atoms with Gasteiger partial charge in [0.25, 0.3) is 0 Å². The molecule has 3 nitrogen and oxygen atoms in total. The van der Waals surface area contributed by atoms with Crippen molar-refractivity contribution in [1.82, 2.24) is 0 Å². The summed E-state index contributed by atoms with van der Waals surface area (Å²) in [4.78, 5) is 0. The summed E-state index contributed by atoms with van der Waals surface area (Å²) >= 11 is 0. The van der Waals surface area contributed by atoms with Crippen molar-refractivity contribution in [2.75, 3.05) is 19.5 Å². The molecule has 2 N–H and O–H groups in total. The van der Waals surface area contributed by atoms with E-state index in [-0.39, 0.29) is 6.61 Å². The van der Waals surface area contributed by atoms with Gasteiger partial charge in [0, 0.05) is 11.8 Å². The number of anilines is 1. The van der Waals surface area contributed by atoms with Crippen LogP contribution in [0.1, 0.15) is 5.56 Å². The highest BCUT2D eigenvalue weighted by Crippen LogP contribution is 2.20. The second kappa shape index (κ2) is 5.07. The zero-order chi connectivity index (χ0) is 12.2. The van der Waals surface area contributed by atoms with Crippen molar-refractivity contribution in [3.63, 3.8) is 0 Å². The van der Waals surface area contributed by atoms with E-state index in [0.29, 0.717) is 17.0 Å². The predicted molar refractivity (Wildman–Crippen MR) is 53.1 cm³/mol. The molecule has 0 amide bonds. The second-order valence-electron chi connectivity index (χ2n) is 3.22. The van der Waals surface area contributed by atoms with Crippen LogP contribution in [0.25, 0.3) is 0 Å². The molecule has 6 heteroatoms. The first-order valence-electron chi connectivity index (χ1n) is 4.48. The van der Waals surface area contributed by atoms with Crippen molar-refractivity contribution in [3.05, 3.63) is 23.8 Å². The zero-order valence-electron chi connectivity index (χ0n) is 8.67. The van der Waals surface area contributed by atoms with E-state index >= 15 is 0 Å². The van der Waals surface area contributed by atoms with E-state index < -0.39 is 12.8 Å². The van der Waals surface area contributed by atoms with Gasteiger partial charge >= 0.3 is 6.18 Å². The summed E-state index contributed by atoms with van der Waals surface area (Å²) in [6.45, 7) is -1.43. The Hall–Kier alpha value is -1.43. The number of methoxy groups -OCH3 is 1. The lowest BCUT2D eigenvalue weighted by atomic mass is 10.2. The van der Waals surface area contributed by atoms with Crippen molar-refractivity contribution < 1.29 is 22.6 Å². The van der Waals surface area contributed by atoms with E-state index in [9.17, 15) is 13.2 Å². The smallest absolute Gasteiger partial charge is 0.411 e. The number of ether oxygens (including phenoxy) is 2. The summed E-state index contributed by atoms with van der Waals surface area (Å²) in [6.07, 6.45) is -4.32. The van der Waals surface area contributed by atoms with Crippen LogP contribution < -0.4 is 10.5 Å². The van der Waals surface area contributed by atoms with Gasteiger partial charge in [0.2, 0.25) is 0 Å². The van der Waals surface area contributed by atoms with Gasteiger partial charge in [0.1, 0.15) is 12.4 Å². The molecule has 0 bridgehead atoms. The Balaban J connectivity index is 2.57. The van der Waals surface area contributed by atoms with Crippen LogP contribution in [0.15, 0.2) is 18.2 Å². The predicted octanol–water partition coefficient (Wildman–Crippen LogP) is 2.36. The molecule has 90 valence electrons. The van der Waals surface area contributed by atoms with E-state index in [1.807, 2.05) is 0 Å². The molecule has 1 aromatic carbocycles. The standard InChI is InChI=1S/C10H12F3NO2/c1-15-9-3-7(2-8(14)4-9)5-16-6-10(11,12)13/h2-4H,5-6,14H2,1H3. The summed E-state index contributed by atoms with van der Waals surface area (Å²) in [5, 5.41) is 0. The quantitative estimate of drug-likeness (QED) is 0.815. The summed E-state index contributed by atoms with van der Waals surface area (Å²) < 4.78 is 44.9. The molecule has 1 rings (SSSR count). The average Bonchev–Trinajstić information content (AvgIpc) is 2.14. The van der Waals surface area contributed by atoms with Gasteiger partial charge in [-0.15, -0.1) is 0 Å². The minimum absolute atomic E-state index is 0.152. The number of nitrogens with two attached hydrogens (primary N) is 1. The van der Waals surface area contributed by atoms with Gasteiger partial charge in [-0.25, -0.2) is 0 Å². The maximum absolute atomic E-state index is 11.8. The molecule has 0 fully saturated rings. The molecule has 0 aliphatic heterocycles. The fourth-order valence-electron chi connectivity index (χ4n) is 1.17. The Bertz CT molecular complexity index is 352. The molecule has 0 saturated carbocycles. The first kappa shape index (κ1) is 12.6. The number of halogens is 3. The zero-order valence-corrected chi connectivity index (χ0v) is 8.67. The summed E-state index contributed by atoms with van der Waals surface area (Å²) in [7, 11) is 1.45. The van der Waals surface area contributed by atoms with Crippen molar-refractivity contribution in [2.45, 2.75) is 12.8 Å². The average molecular weight is 235 g/mol. The molecule has 0 saturated heterocycles. The minimum Gasteiger partial charge on any atom is -0.497 e. The van der Waals surface area contributed by atoms with E-state index in [1.54, 1.807) is 18.2 Å². The Morgan fingerprint density at radius 3 is 2.50 bits per heavy atom. The molecule has 0 aliphatic carbocycles. The van der Waals surface area contributed by atoms with Crippen molar-refractivity contribution in [2.24, 2.45) is 0 Å². The van der Waals surface area contributed by atoms with Crippen LogP contribution in [0.4, 0.5) is 18.9 Å². The molecule has 0 unspecified atom stereocenters. The largest absolute Gasteiger partial charge is 0.497 e. The summed E-state index contributed by atoms with van der Waals surface area (Å²) in [5.74, 6) is 0.491.